The molecule has 0 spiro atoms. The van der Waals surface area contributed by atoms with E-state index in [9.17, 15) is 9.59 Å². The Balaban J connectivity index is 3.50. The summed E-state index contributed by atoms with van der Waals surface area (Å²) in [4.78, 5) is 23.5. The second kappa shape index (κ2) is 4.33. The average Bonchev–Trinajstić information content (AvgIpc) is 2.14. The predicted octanol–water partition coefficient (Wildman–Crippen LogP) is 0.583. The van der Waals surface area contributed by atoms with Crippen LogP contribution in [0.15, 0.2) is 15.8 Å². The van der Waals surface area contributed by atoms with Crippen LogP contribution in [0.2, 0.25) is 0 Å². The first-order valence-corrected chi connectivity index (χ1v) is 5.10. The summed E-state index contributed by atoms with van der Waals surface area (Å²) < 4.78 is 2.67. The number of anilines is 1. The molecule has 15 heavy (non-hydrogen) atoms. The van der Waals surface area contributed by atoms with Crippen LogP contribution in [0.3, 0.4) is 0 Å². The highest BCUT2D eigenvalue weighted by molar-refractivity contribution is 5.31. The van der Waals surface area contributed by atoms with Crippen molar-refractivity contribution in [3.8, 4) is 0 Å². The Hall–Kier alpha value is -1.52. The number of nitrogens with zero attached hydrogens (tertiary/aromatic N) is 2. The van der Waals surface area contributed by atoms with Gasteiger partial charge in [-0.2, -0.15) is 0 Å². The molecular weight excluding hydrogens is 194 g/mol. The molecule has 0 aliphatic heterocycles. The molecule has 0 atom stereocenters. The van der Waals surface area contributed by atoms with Gasteiger partial charge < -0.3 is 5.73 Å². The zero-order valence-electron chi connectivity index (χ0n) is 9.36. The van der Waals surface area contributed by atoms with Crippen LogP contribution in [-0.4, -0.2) is 9.13 Å². The third-order valence-corrected chi connectivity index (χ3v) is 2.19. The van der Waals surface area contributed by atoms with E-state index in [-0.39, 0.29) is 17.4 Å². The van der Waals surface area contributed by atoms with Crippen molar-refractivity contribution in [1.29, 1.82) is 0 Å². The first kappa shape index (κ1) is 11.6. The average molecular weight is 211 g/mol. The van der Waals surface area contributed by atoms with E-state index in [0.29, 0.717) is 6.54 Å². The standard InChI is InChI=1S/C10H17N3O2/c1-4-5-12-6-8(11)9(14)13(7(2)3)10(12)15/h6-7H,4-5,11H2,1-3H3. The number of aryl methyl sites for hydroxylation is 1. The Morgan fingerprint density at radius 3 is 2.47 bits per heavy atom. The fourth-order valence-electron chi connectivity index (χ4n) is 1.50. The Bertz CT molecular complexity index is 457. The molecule has 0 bridgehead atoms. The second-order valence-electron chi connectivity index (χ2n) is 3.83. The molecule has 84 valence electrons. The summed E-state index contributed by atoms with van der Waals surface area (Å²) in [6, 6.07) is -0.170. The maximum atomic E-state index is 11.8. The Morgan fingerprint density at radius 1 is 1.40 bits per heavy atom. The van der Waals surface area contributed by atoms with E-state index in [2.05, 4.69) is 0 Å². The highest BCUT2D eigenvalue weighted by Crippen LogP contribution is 1.98. The van der Waals surface area contributed by atoms with Crippen LogP contribution in [0.1, 0.15) is 33.2 Å². The minimum Gasteiger partial charge on any atom is -0.393 e. The summed E-state index contributed by atoms with van der Waals surface area (Å²) in [6.07, 6.45) is 2.25. The summed E-state index contributed by atoms with van der Waals surface area (Å²) in [5.74, 6) is 0. The molecule has 0 radical (unpaired) electrons. The molecule has 1 aromatic rings. The summed E-state index contributed by atoms with van der Waals surface area (Å²) >= 11 is 0. The predicted molar refractivity (Wildman–Crippen MR) is 60.1 cm³/mol. The van der Waals surface area contributed by atoms with E-state index in [0.717, 1.165) is 6.42 Å². The van der Waals surface area contributed by atoms with E-state index in [4.69, 9.17) is 5.73 Å². The van der Waals surface area contributed by atoms with Crippen LogP contribution in [0.25, 0.3) is 0 Å². The number of nitrogen functional groups attached to an aromatic ring is 1. The van der Waals surface area contributed by atoms with E-state index in [1.165, 1.54) is 15.3 Å². The molecule has 0 unspecified atom stereocenters. The van der Waals surface area contributed by atoms with Crippen LogP contribution in [0.4, 0.5) is 5.69 Å². The minimum atomic E-state index is -0.401. The number of aromatic nitrogens is 2. The molecule has 5 heteroatoms. The van der Waals surface area contributed by atoms with Gasteiger partial charge in [-0.25, -0.2) is 4.79 Å². The smallest absolute Gasteiger partial charge is 0.331 e. The lowest BCUT2D eigenvalue weighted by Gasteiger charge is -2.13. The largest absolute Gasteiger partial charge is 0.393 e. The van der Waals surface area contributed by atoms with E-state index < -0.39 is 5.56 Å². The molecule has 2 N–H and O–H groups in total. The van der Waals surface area contributed by atoms with Gasteiger partial charge in [0.15, 0.2) is 0 Å². The molecule has 1 rings (SSSR count). The molecule has 0 saturated heterocycles. The number of rotatable bonds is 3. The van der Waals surface area contributed by atoms with Crippen molar-refractivity contribution < 1.29 is 0 Å². The molecule has 0 aliphatic carbocycles. The van der Waals surface area contributed by atoms with Gasteiger partial charge in [-0.05, 0) is 20.3 Å². The van der Waals surface area contributed by atoms with Crippen LogP contribution in [-0.2, 0) is 6.54 Å². The quantitative estimate of drug-likeness (QED) is 0.795. The molecule has 1 heterocycles. The molecule has 0 fully saturated rings. The lowest BCUT2D eigenvalue weighted by atomic mass is 10.3. The van der Waals surface area contributed by atoms with E-state index >= 15 is 0 Å². The van der Waals surface area contributed by atoms with Gasteiger partial charge in [-0.1, -0.05) is 6.92 Å². The normalized spacial score (nSPS) is 10.9. The first-order valence-electron chi connectivity index (χ1n) is 5.10. The zero-order valence-corrected chi connectivity index (χ0v) is 9.36. The Kier molecular flexibility index (Phi) is 3.34. The van der Waals surface area contributed by atoms with Gasteiger partial charge in [0.1, 0.15) is 5.69 Å². The highest BCUT2D eigenvalue weighted by atomic mass is 16.2. The third-order valence-electron chi connectivity index (χ3n) is 2.19. The van der Waals surface area contributed by atoms with Gasteiger partial charge in [-0.15, -0.1) is 0 Å². The van der Waals surface area contributed by atoms with Gasteiger partial charge in [0.2, 0.25) is 0 Å². The molecule has 0 amide bonds. The number of nitrogens with two attached hydrogens (primary N) is 1. The van der Waals surface area contributed by atoms with E-state index in [1.807, 2.05) is 6.92 Å². The van der Waals surface area contributed by atoms with Crippen molar-refractivity contribution in [3.63, 3.8) is 0 Å². The lowest BCUT2D eigenvalue weighted by molar-refractivity contribution is 0.500. The Labute approximate surface area is 88.1 Å². The van der Waals surface area contributed by atoms with Crippen LogP contribution in [0, 0.1) is 0 Å². The SMILES string of the molecule is CCCn1cc(N)c(=O)n(C(C)C)c1=O. The maximum Gasteiger partial charge on any atom is 0.331 e. The highest BCUT2D eigenvalue weighted by Gasteiger charge is 2.11. The van der Waals surface area contributed by atoms with Crippen molar-refractivity contribution in [1.82, 2.24) is 9.13 Å². The molecule has 0 aromatic carbocycles. The molecule has 0 saturated carbocycles. The van der Waals surface area contributed by atoms with Crippen LogP contribution in [0.5, 0.6) is 0 Å². The molecule has 5 nitrogen and oxygen atoms in total. The summed E-state index contributed by atoms with van der Waals surface area (Å²) in [6.45, 7) is 6.13. The van der Waals surface area contributed by atoms with Gasteiger partial charge >= 0.3 is 5.69 Å². The van der Waals surface area contributed by atoms with Crippen molar-refractivity contribution in [3.05, 3.63) is 27.0 Å². The van der Waals surface area contributed by atoms with Crippen molar-refractivity contribution in [2.24, 2.45) is 0 Å². The van der Waals surface area contributed by atoms with Gasteiger partial charge in [0, 0.05) is 18.8 Å². The van der Waals surface area contributed by atoms with Crippen molar-refractivity contribution in [2.75, 3.05) is 5.73 Å². The molecular formula is C10H17N3O2. The van der Waals surface area contributed by atoms with Crippen molar-refractivity contribution in [2.45, 2.75) is 39.8 Å². The second-order valence-corrected chi connectivity index (χ2v) is 3.83. The Morgan fingerprint density at radius 2 is 2.00 bits per heavy atom. The summed E-state index contributed by atoms with van der Waals surface area (Å²) in [5, 5.41) is 0. The van der Waals surface area contributed by atoms with Crippen molar-refractivity contribution >= 4 is 5.69 Å². The maximum absolute atomic E-state index is 11.8. The van der Waals surface area contributed by atoms with Gasteiger partial charge in [0.05, 0.1) is 0 Å². The van der Waals surface area contributed by atoms with Gasteiger partial charge in [-0.3, -0.25) is 13.9 Å². The fourth-order valence-corrected chi connectivity index (χ4v) is 1.50. The van der Waals surface area contributed by atoms with Gasteiger partial charge in [0.25, 0.3) is 5.56 Å². The number of hydrogen-bond acceptors (Lipinski definition) is 3. The van der Waals surface area contributed by atoms with Crippen LogP contribution < -0.4 is 17.0 Å². The lowest BCUT2D eigenvalue weighted by Crippen LogP contribution is -2.41. The topological polar surface area (TPSA) is 70.0 Å². The van der Waals surface area contributed by atoms with Crippen LogP contribution >= 0.6 is 0 Å². The monoisotopic (exact) mass is 211 g/mol. The first-order chi connectivity index (χ1) is 6.99. The minimum absolute atomic E-state index is 0.122. The summed E-state index contributed by atoms with van der Waals surface area (Å²) in [5.41, 5.74) is 5.00. The fraction of sp³-hybridized carbons (Fsp3) is 0.600. The molecule has 1 aromatic heterocycles. The third kappa shape index (κ3) is 2.11. The zero-order chi connectivity index (χ0) is 11.6. The summed E-state index contributed by atoms with van der Waals surface area (Å²) in [7, 11) is 0. The number of hydrogen-bond donors (Lipinski definition) is 1. The molecule has 0 aliphatic rings. The van der Waals surface area contributed by atoms with E-state index in [1.54, 1.807) is 13.8 Å².